The lowest BCUT2D eigenvalue weighted by molar-refractivity contribution is 0.0521. The van der Waals surface area contributed by atoms with E-state index in [1.165, 1.54) is 45.2 Å². The fourth-order valence-electron chi connectivity index (χ4n) is 3.91. The van der Waals surface area contributed by atoms with E-state index in [9.17, 15) is 0 Å². The molecule has 0 bridgehead atoms. The van der Waals surface area contributed by atoms with Gasteiger partial charge in [0.2, 0.25) is 0 Å². The molecular formula is C20H32N2O. The highest BCUT2D eigenvalue weighted by molar-refractivity contribution is 5.30. The van der Waals surface area contributed by atoms with Crippen molar-refractivity contribution in [1.82, 2.24) is 10.2 Å². The van der Waals surface area contributed by atoms with Gasteiger partial charge in [0.15, 0.2) is 0 Å². The summed E-state index contributed by atoms with van der Waals surface area (Å²) in [6.07, 6.45) is 6.64. The highest BCUT2D eigenvalue weighted by Crippen LogP contribution is 2.22. The Labute approximate surface area is 141 Å². The predicted octanol–water partition coefficient (Wildman–Crippen LogP) is 3.02. The van der Waals surface area contributed by atoms with Gasteiger partial charge in [0.25, 0.3) is 0 Å². The van der Waals surface area contributed by atoms with Gasteiger partial charge in [-0.3, -0.25) is 0 Å². The van der Waals surface area contributed by atoms with E-state index in [4.69, 9.17) is 4.74 Å². The third-order valence-corrected chi connectivity index (χ3v) is 5.26. The molecule has 0 spiro atoms. The molecule has 0 saturated carbocycles. The topological polar surface area (TPSA) is 24.5 Å². The van der Waals surface area contributed by atoms with Crippen LogP contribution in [0.5, 0.6) is 0 Å². The van der Waals surface area contributed by atoms with Crippen LogP contribution in [-0.4, -0.2) is 49.3 Å². The number of nitrogens with one attached hydrogen (secondary N) is 1. The summed E-state index contributed by atoms with van der Waals surface area (Å²) in [5.74, 6) is 0. The molecule has 1 aliphatic carbocycles. The van der Waals surface area contributed by atoms with Crippen molar-refractivity contribution in [3.63, 3.8) is 0 Å². The molecule has 2 aliphatic rings. The lowest BCUT2D eigenvalue weighted by atomic mass is 9.87. The van der Waals surface area contributed by atoms with E-state index in [2.05, 4.69) is 48.3 Å². The lowest BCUT2D eigenvalue weighted by Gasteiger charge is -2.36. The Kier molecular flexibility index (Phi) is 6.09. The van der Waals surface area contributed by atoms with Crippen LogP contribution in [0.3, 0.4) is 0 Å². The summed E-state index contributed by atoms with van der Waals surface area (Å²) in [6, 6.07) is 10.3. The molecule has 0 unspecified atom stereocenters. The number of fused-ring (bicyclic) bond motifs is 1. The van der Waals surface area contributed by atoms with Crippen molar-refractivity contribution in [2.24, 2.45) is 0 Å². The molecule has 0 amide bonds. The van der Waals surface area contributed by atoms with Gasteiger partial charge in [0.1, 0.15) is 0 Å². The molecule has 1 aromatic carbocycles. The highest BCUT2D eigenvalue weighted by Gasteiger charge is 2.24. The van der Waals surface area contributed by atoms with Crippen LogP contribution in [0.2, 0.25) is 0 Å². The fourth-order valence-corrected chi connectivity index (χ4v) is 3.91. The van der Waals surface area contributed by atoms with Gasteiger partial charge in [-0.15, -0.1) is 0 Å². The lowest BCUT2D eigenvalue weighted by Crippen LogP contribution is -2.48. The first-order valence-electron chi connectivity index (χ1n) is 9.37. The maximum atomic E-state index is 5.67. The molecule has 1 atom stereocenters. The fraction of sp³-hybridized carbons (Fsp3) is 0.700. The molecule has 1 aliphatic heterocycles. The number of nitrogens with zero attached hydrogens (tertiary/aromatic N) is 1. The maximum absolute atomic E-state index is 5.67. The number of aryl methyl sites for hydroxylation is 1. The number of rotatable bonds is 6. The number of ether oxygens (including phenoxy) is 1. The van der Waals surface area contributed by atoms with Crippen molar-refractivity contribution in [2.75, 3.05) is 26.2 Å². The van der Waals surface area contributed by atoms with Gasteiger partial charge < -0.3 is 15.0 Å². The summed E-state index contributed by atoms with van der Waals surface area (Å²) in [6.45, 7) is 8.60. The van der Waals surface area contributed by atoms with Gasteiger partial charge >= 0.3 is 0 Å². The molecule has 0 aromatic heterocycles. The Morgan fingerprint density at radius 1 is 1.09 bits per heavy atom. The number of piperidine rings is 1. The number of hydrogen-bond donors (Lipinski definition) is 1. The Hall–Kier alpha value is -0.900. The van der Waals surface area contributed by atoms with Crippen molar-refractivity contribution >= 4 is 0 Å². The molecule has 1 fully saturated rings. The first kappa shape index (κ1) is 16.9. The molecule has 3 heteroatoms. The van der Waals surface area contributed by atoms with E-state index in [0.29, 0.717) is 18.2 Å². The Balaban J connectivity index is 1.38. The minimum absolute atomic E-state index is 0.350. The molecule has 23 heavy (non-hydrogen) atoms. The van der Waals surface area contributed by atoms with Gasteiger partial charge in [-0.1, -0.05) is 24.3 Å². The van der Waals surface area contributed by atoms with E-state index in [0.717, 1.165) is 13.2 Å². The Morgan fingerprint density at radius 2 is 1.83 bits per heavy atom. The van der Waals surface area contributed by atoms with Crippen LogP contribution >= 0.6 is 0 Å². The summed E-state index contributed by atoms with van der Waals surface area (Å²) in [5, 5.41) is 3.94. The summed E-state index contributed by atoms with van der Waals surface area (Å²) in [7, 11) is 0. The van der Waals surface area contributed by atoms with E-state index in [1.807, 2.05) is 0 Å². The van der Waals surface area contributed by atoms with E-state index >= 15 is 0 Å². The Morgan fingerprint density at radius 3 is 2.57 bits per heavy atom. The standard InChI is InChI=1S/C20H32N2O/c1-16(2)23-14-13-22-11-9-19(10-12-22)21-20-8-7-17-5-3-4-6-18(17)15-20/h3-6,16,19-21H,7-15H2,1-2H3/t20-/m0/s1. The SMILES string of the molecule is CC(C)OCCN1CCC(N[C@H]2CCc3ccccc3C2)CC1. The number of hydrogen-bond acceptors (Lipinski definition) is 3. The van der Waals surface area contributed by atoms with Gasteiger partial charge in [-0.2, -0.15) is 0 Å². The first-order valence-corrected chi connectivity index (χ1v) is 9.37. The van der Waals surface area contributed by atoms with E-state index in [-0.39, 0.29) is 0 Å². The second-order valence-electron chi connectivity index (χ2n) is 7.41. The Bertz CT molecular complexity index is 480. The summed E-state index contributed by atoms with van der Waals surface area (Å²) in [5.41, 5.74) is 3.12. The van der Waals surface area contributed by atoms with Crippen LogP contribution in [0.25, 0.3) is 0 Å². The van der Waals surface area contributed by atoms with Crippen LogP contribution in [0.1, 0.15) is 44.2 Å². The average molecular weight is 316 g/mol. The van der Waals surface area contributed by atoms with Crippen molar-refractivity contribution in [3.05, 3.63) is 35.4 Å². The monoisotopic (exact) mass is 316 g/mol. The van der Waals surface area contributed by atoms with Crippen molar-refractivity contribution in [2.45, 2.75) is 64.1 Å². The molecular weight excluding hydrogens is 284 g/mol. The highest BCUT2D eigenvalue weighted by atomic mass is 16.5. The average Bonchev–Trinajstić information content (AvgIpc) is 2.56. The first-order chi connectivity index (χ1) is 11.2. The quantitative estimate of drug-likeness (QED) is 0.873. The third kappa shape index (κ3) is 5.03. The van der Waals surface area contributed by atoms with E-state index in [1.54, 1.807) is 11.1 Å². The van der Waals surface area contributed by atoms with Crippen LogP contribution < -0.4 is 5.32 Å². The van der Waals surface area contributed by atoms with Crippen molar-refractivity contribution in [1.29, 1.82) is 0 Å². The normalized spacial score (nSPS) is 23.2. The molecule has 1 saturated heterocycles. The van der Waals surface area contributed by atoms with Crippen LogP contribution in [0.4, 0.5) is 0 Å². The number of benzene rings is 1. The molecule has 1 N–H and O–H groups in total. The predicted molar refractivity (Wildman–Crippen MR) is 95.9 cm³/mol. The summed E-state index contributed by atoms with van der Waals surface area (Å²) >= 11 is 0. The zero-order valence-electron chi connectivity index (χ0n) is 14.8. The second-order valence-corrected chi connectivity index (χ2v) is 7.41. The number of likely N-dealkylation sites (tertiary alicyclic amines) is 1. The minimum Gasteiger partial charge on any atom is -0.377 e. The molecule has 1 aromatic rings. The zero-order valence-corrected chi connectivity index (χ0v) is 14.8. The molecule has 0 radical (unpaired) electrons. The smallest absolute Gasteiger partial charge is 0.0596 e. The van der Waals surface area contributed by atoms with Crippen LogP contribution in [0, 0.1) is 0 Å². The molecule has 1 heterocycles. The van der Waals surface area contributed by atoms with Gasteiger partial charge in [-0.25, -0.2) is 0 Å². The maximum Gasteiger partial charge on any atom is 0.0596 e. The van der Waals surface area contributed by atoms with Crippen molar-refractivity contribution < 1.29 is 4.74 Å². The van der Waals surface area contributed by atoms with Gasteiger partial charge in [0.05, 0.1) is 12.7 Å². The molecule has 128 valence electrons. The molecule has 3 rings (SSSR count). The van der Waals surface area contributed by atoms with Crippen LogP contribution in [0.15, 0.2) is 24.3 Å². The minimum atomic E-state index is 0.350. The summed E-state index contributed by atoms with van der Waals surface area (Å²) < 4.78 is 5.67. The summed E-state index contributed by atoms with van der Waals surface area (Å²) in [4.78, 5) is 2.55. The second kappa shape index (κ2) is 8.27. The van der Waals surface area contributed by atoms with Gasteiger partial charge in [0, 0.05) is 18.6 Å². The van der Waals surface area contributed by atoms with E-state index < -0.39 is 0 Å². The largest absolute Gasteiger partial charge is 0.377 e. The van der Waals surface area contributed by atoms with Gasteiger partial charge in [-0.05, 0) is 70.2 Å². The zero-order chi connectivity index (χ0) is 16.1. The molecule has 3 nitrogen and oxygen atoms in total. The van der Waals surface area contributed by atoms with Crippen molar-refractivity contribution in [3.8, 4) is 0 Å². The van der Waals surface area contributed by atoms with Crippen LogP contribution in [-0.2, 0) is 17.6 Å². The third-order valence-electron chi connectivity index (χ3n) is 5.26.